The van der Waals surface area contributed by atoms with Gasteiger partial charge in [0, 0.05) is 12.0 Å². The first kappa shape index (κ1) is 35.5. The summed E-state index contributed by atoms with van der Waals surface area (Å²) in [6, 6.07) is 0. The van der Waals surface area contributed by atoms with Gasteiger partial charge in [0.1, 0.15) is 0 Å². The molecular formula is C30H59NO2SSi2. The van der Waals surface area contributed by atoms with Crippen LogP contribution in [0.15, 0.2) is 23.1 Å². The van der Waals surface area contributed by atoms with E-state index in [4.69, 9.17) is 8.85 Å². The third-order valence-corrected chi connectivity index (χ3v) is 17.6. The van der Waals surface area contributed by atoms with Crippen molar-refractivity contribution < 1.29 is 8.85 Å². The normalized spacial score (nSPS) is 15.2. The van der Waals surface area contributed by atoms with Gasteiger partial charge in [0.05, 0.1) is 16.8 Å². The molecule has 3 nitrogen and oxygen atoms in total. The summed E-state index contributed by atoms with van der Waals surface area (Å²) >= 11 is 1.69. The van der Waals surface area contributed by atoms with Crippen LogP contribution in [0.2, 0.25) is 36.3 Å². The van der Waals surface area contributed by atoms with E-state index in [0.29, 0.717) is 11.0 Å². The van der Waals surface area contributed by atoms with Crippen molar-refractivity contribution in [2.75, 3.05) is 6.61 Å². The lowest BCUT2D eigenvalue weighted by atomic mass is 10.0. The average Bonchev–Trinajstić information content (AvgIpc) is 3.09. The van der Waals surface area contributed by atoms with Gasteiger partial charge in [0.25, 0.3) is 0 Å². The Kier molecular flexibility index (Phi) is 14.4. The minimum atomic E-state index is -1.70. The summed E-state index contributed by atoms with van der Waals surface area (Å²) in [6.07, 6.45) is 5.95. The van der Waals surface area contributed by atoms with Crippen LogP contribution in [0.5, 0.6) is 0 Å². The largest absolute Gasteiger partial charge is 0.417 e. The number of thiazole rings is 1. The molecule has 36 heavy (non-hydrogen) atoms. The van der Waals surface area contributed by atoms with Crippen LogP contribution in [0.25, 0.3) is 6.08 Å². The lowest BCUT2D eigenvalue weighted by Gasteiger charge is -2.38. The van der Waals surface area contributed by atoms with E-state index in [1.54, 1.807) is 11.3 Å². The number of hydrogen-bond donors (Lipinski definition) is 0. The van der Waals surface area contributed by atoms with E-state index < -0.39 is 16.6 Å². The number of hydrogen-bond acceptors (Lipinski definition) is 4. The van der Waals surface area contributed by atoms with Crippen molar-refractivity contribution >= 4 is 34.0 Å². The van der Waals surface area contributed by atoms with E-state index in [1.165, 1.54) is 24.0 Å². The molecule has 0 aliphatic rings. The van der Waals surface area contributed by atoms with Gasteiger partial charge in [-0.05, 0) is 101 Å². The minimum absolute atomic E-state index is 0.155. The second-order valence-corrected chi connectivity index (χ2v) is 24.4. The fraction of sp³-hybridized carbons (Fsp3) is 0.767. The van der Waals surface area contributed by atoms with Crippen molar-refractivity contribution in [3.63, 3.8) is 0 Å². The highest BCUT2D eigenvalue weighted by molar-refractivity contribution is 7.09. The first-order chi connectivity index (χ1) is 16.1. The zero-order chi connectivity index (χ0) is 28.5. The maximum Gasteiger partial charge on any atom is 0.192 e. The van der Waals surface area contributed by atoms with Gasteiger partial charge in [0.2, 0.25) is 0 Å². The summed E-state index contributed by atoms with van der Waals surface area (Å²) in [6.45, 7) is 38.5. The van der Waals surface area contributed by atoms with E-state index >= 15 is 0 Å². The van der Waals surface area contributed by atoms with E-state index in [2.05, 4.69) is 118 Å². The van der Waals surface area contributed by atoms with Gasteiger partial charge in [-0.15, -0.1) is 17.9 Å². The molecule has 1 rings (SSSR count). The highest BCUT2D eigenvalue weighted by Crippen LogP contribution is 2.38. The highest BCUT2D eigenvalue weighted by Gasteiger charge is 2.39. The quantitative estimate of drug-likeness (QED) is 0.202. The molecule has 0 bridgehead atoms. The molecule has 0 spiro atoms. The van der Waals surface area contributed by atoms with Crippen LogP contribution in [0.1, 0.15) is 99.2 Å². The Labute approximate surface area is 231 Å². The highest BCUT2D eigenvalue weighted by atomic mass is 32.1. The van der Waals surface area contributed by atoms with Crippen LogP contribution in [0.3, 0.4) is 0 Å². The summed E-state index contributed by atoms with van der Waals surface area (Å²) in [4.78, 5) is 4.48. The molecular weight excluding hydrogens is 495 g/mol. The van der Waals surface area contributed by atoms with Crippen LogP contribution >= 0.6 is 11.3 Å². The Bertz CT molecular complexity index is 829. The molecule has 0 N–H and O–H groups in total. The average molecular weight is 554 g/mol. The van der Waals surface area contributed by atoms with Crippen LogP contribution < -0.4 is 0 Å². The monoisotopic (exact) mass is 553 g/mol. The van der Waals surface area contributed by atoms with Crippen LogP contribution in [0.4, 0.5) is 0 Å². The van der Waals surface area contributed by atoms with Crippen molar-refractivity contribution in [1.29, 1.82) is 0 Å². The molecule has 0 fully saturated rings. The Morgan fingerprint density at radius 3 is 1.97 bits per heavy atom. The molecule has 0 aliphatic heterocycles. The summed E-state index contributed by atoms with van der Waals surface area (Å²) in [7, 11) is -3.25. The molecule has 0 aliphatic carbocycles. The van der Waals surface area contributed by atoms with Crippen LogP contribution in [-0.2, 0) is 8.85 Å². The molecule has 1 heterocycles. The minimum Gasteiger partial charge on any atom is -0.417 e. The summed E-state index contributed by atoms with van der Waals surface area (Å²) in [5.74, 6) is 0.670. The molecule has 0 aromatic carbocycles. The summed E-state index contributed by atoms with van der Waals surface area (Å²) < 4.78 is 12.6. The second-order valence-electron chi connectivity index (χ2n) is 13.7. The van der Waals surface area contributed by atoms with Gasteiger partial charge >= 0.3 is 0 Å². The lowest BCUT2D eigenvalue weighted by molar-refractivity contribution is 0.229. The maximum absolute atomic E-state index is 6.39. The van der Waals surface area contributed by atoms with Crippen molar-refractivity contribution in [3.8, 4) is 0 Å². The Morgan fingerprint density at radius 2 is 1.56 bits per heavy atom. The van der Waals surface area contributed by atoms with E-state index in [0.717, 1.165) is 23.7 Å². The molecule has 2 atom stereocenters. The predicted octanol–water partition coefficient (Wildman–Crippen LogP) is 10.7. The van der Waals surface area contributed by atoms with Gasteiger partial charge in [-0.2, -0.15) is 0 Å². The third kappa shape index (κ3) is 13.3. The van der Waals surface area contributed by atoms with Crippen LogP contribution in [-0.4, -0.2) is 34.3 Å². The first-order valence-electron chi connectivity index (χ1n) is 13.7. The summed E-state index contributed by atoms with van der Waals surface area (Å²) in [5, 5.41) is 3.78. The lowest BCUT2D eigenvalue weighted by Crippen LogP contribution is -2.43. The Morgan fingerprint density at radius 1 is 1.03 bits per heavy atom. The number of aromatic nitrogens is 1. The standard InChI is InChI=1S/C15H27NOSSi.C15H32OSi/c1-11(9-14-10-18-13(3)16-14)12(2)17-19(7,8)15(4,5)6;1-13(2)10-9-11-14(3)12-16-17(7,8)15(4,5)6/h9-10,12H,1-8H3;14H,1,9-12H2,2-8H3/b11-9+;/t12-;14-/m00/s1. The van der Waals surface area contributed by atoms with E-state index in [1.807, 2.05) is 6.92 Å². The van der Waals surface area contributed by atoms with Crippen molar-refractivity contribution in [2.24, 2.45) is 5.92 Å². The van der Waals surface area contributed by atoms with Gasteiger partial charge < -0.3 is 8.85 Å². The number of rotatable bonds is 11. The molecule has 1 aromatic rings. The number of allylic oxidation sites excluding steroid dienone is 1. The van der Waals surface area contributed by atoms with Crippen molar-refractivity contribution in [1.82, 2.24) is 4.98 Å². The zero-order valence-electron chi connectivity index (χ0n) is 26.5. The summed E-state index contributed by atoms with van der Waals surface area (Å²) in [5.41, 5.74) is 3.59. The van der Waals surface area contributed by atoms with Gasteiger partial charge in [-0.1, -0.05) is 54.0 Å². The second kappa shape index (κ2) is 14.6. The third-order valence-electron chi connectivity index (χ3n) is 7.77. The first-order valence-corrected chi connectivity index (χ1v) is 20.3. The predicted molar refractivity (Wildman–Crippen MR) is 169 cm³/mol. The van der Waals surface area contributed by atoms with E-state index in [-0.39, 0.29) is 11.1 Å². The molecule has 0 radical (unpaired) electrons. The topological polar surface area (TPSA) is 31.4 Å². The molecule has 0 amide bonds. The van der Waals surface area contributed by atoms with Gasteiger partial charge in [-0.3, -0.25) is 0 Å². The molecule has 0 unspecified atom stereocenters. The van der Waals surface area contributed by atoms with Crippen molar-refractivity contribution in [3.05, 3.63) is 33.8 Å². The number of nitrogens with zero attached hydrogens (tertiary/aromatic N) is 1. The fourth-order valence-electron chi connectivity index (χ4n) is 2.91. The molecule has 6 heteroatoms. The Hall–Kier alpha value is -0.536. The SMILES string of the molecule is C/C(=C\c1csc(C)n1)[C@H](C)O[Si](C)(C)C(C)(C)C.C=C(C)CCC[C@H](C)CO[Si](C)(C)C(C)(C)C. The van der Waals surface area contributed by atoms with E-state index in [9.17, 15) is 0 Å². The van der Waals surface area contributed by atoms with Crippen molar-refractivity contribution in [2.45, 2.75) is 138 Å². The zero-order valence-corrected chi connectivity index (χ0v) is 29.3. The smallest absolute Gasteiger partial charge is 0.192 e. The van der Waals surface area contributed by atoms with Gasteiger partial charge in [0.15, 0.2) is 16.6 Å². The fourth-order valence-corrected chi connectivity index (χ4v) is 6.04. The molecule has 210 valence electrons. The Balaban J connectivity index is 0.000000686. The molecule has 0 saturated heterocycles. The van der Waals surface area contributed by atoms with Crippen LogP contribution in [0, 0.1) is 12.8 Å². The maximum atomic E-state index is 6.39. The molecule has 0 saturated carbocycles. The number of aryl methyl sites for hydroxylation is 1. The molecule has 1 aromatic heterocycles. The van der Waals surface area contributed by atoms with Gasteiger partial charge in [-0.25, -0.2) is 4.98 Å².